The van der Waals surface area contributed by atoms with Crippen LogP contribution in [0.2, 0.25) is 5.02 Å². The molecule has 2 heterocycles. The predicted molar refractivity (Wildman–Crippen MR) is 64.9 cm³/mol. The molecule has 4 nitrogen and oxygen atoms in total. The summed E-state index contributed by atoms with van der Waals surface area (Å²) in [5.74, 6) is -0.411. The van der Waals surface area contributed by atoms with Gasteiger partial charge in [0.1, 0.15) is 5.82 Å². The normalized spacial score (nSPS) is 20.1. The molecule has 1 aromatic rings. The van der Waals surface area contributed by atoms with E-state index in [4.69, 9.17) is 16.7 Å². The van der Waals surface area contributed by atoms with Gasteiger partial charge in [-0.1, -0.05) is 11.6 Å². The highest BCUT2D eigenvalue weighted by atomic mass is 79.9. The van der Waals surface area contributed by atoms with E-state index in [-0.39, 0.29) is 5.92 Å². The topological polar surface area (TPSA) is 53.4 Å². The predicted octanol–water partition coefficient (Wildman–Crippen LogP) is 2.41. The minimum atomic E-state index is -0.754. The Hall–Kier alpha value is -0.810. The monoisotopic (exact) mass is 304 g/mol. The van der Waals surface area contributed by atoms with Crippen LogP contribution < -0.4 is 4.90 Å². The van der Waals surface area contributed by atoms with Gasteiger partial charge in [-0.2, -0.15) is 0 Å². The third kappa shape index (κ3) is 2.30. The number of anilines is 1. The summed E-state index contributed by atoms with van der Waals surface area (Å²) < 4.78 is 0.815. The van der Waals surface area contributed by atoms with Gasteiger partial charge in [-0.3, -0.25) is 4.79 Å². The van der Waals surface area contributed by atoms with Crippen LogP contribution in [0.15, 0.2) is 16.7 Å². The molecule has 1 aromatic heterocycles. The van der Waals surface area contributed by atoms with E-state index < -0.39 is 5.97 Å². The summed E-state index contributed by atoms with van der Waals surface area (Å²) in [4.78, 5) is 16.9. The minimum absolute atomic E-state index is 0.318. The van der Waals surface area contributed by atoms with E-state index >= 15 is 0 Å². The van der Waals surface area contributed by atoms with Crippen LogP contribution in [0.5, 0.6) is 0 Å². The Kier molecular flexibility index (Phi) is 3.35. The molecule has 86 valence electrons. The molecule has 0 aromatic carbocycles. The molecule has 0 aliphatic carbocycles. The number of rotatable bonds is 2. The van der Waals surface area contributed by atoms with E-state index in [2.05, 4.69) is 20.9 Å². The maximum absolute atomic E-state index is 10.8. The molecule has 1 fully saturated rings. The number of hydrogen-bond donors (Lipinski definition) is 1. The second-order valence-corrected chi connectivity index (χ2v) is 5.05. The lowest BCUT2D eigenvalue weighted by atomic mass is 10.1. The Bertz CT molecular complexity index is 427. The Labute approximate surface area is 106 Å². The fourth-order valence-corrected chi connectivity index (χ4v) is 2.54. The van der Waals surface area contributed by atoms with Crippen molar-refractivity contribution in [1.82, 2.24) is 4.98 Å². The summed E-state index contributed by atoms with van der Waals surface area (Å²) in [6, 6.07) is 1.76. The van der Waals surface area contributed by atoms with Crippen molar-refractivity contribution in [1.29, 1.82) is 0 Å². The van der Waals surface area contributed by atoms with Crippen LogP contribution in [0.4, 0.5) is 5.82 Å². The largest absolute Gasteiger partial charge is 0.481 e. The van der Waals surface area contributed by atoms with Gasteiger partial charge >= 0.3 is 5.97 Å². The van der Waals surface area contributed by atoms with Gasteiger partial charge in [-0.05, 0) is 28.4 Å². The van der Waals surface area contributed by atoms with E-state index in [1.54, 1.807) is 12.3 Å². The van der Waals surface area contributed by atoms with Crippen LogP contribution in [0.25, 0.3) is 0 Å². The number of carbonyl (C=O) groups is 1. The number of carboxylic acids is 1. The van der Waals surface area contributed by atoms with Crippen molar-refractivity contribution in [2.75, 3.05) is 18.0 Å². The highest BCUT2D eigenvalue weighted by molar-refractivity contribution is 9.10. The summed E-state index contributed by atoms with van der Waals surface area (Å²) in [7, 11) is 0. The van der Waals surface area contributed by atoms with Crippen molar-refractivity contribution in [3.63, 3.8) is 0 Å². The average molecular weight is 306 g/mol. The summed E-state index contributed by atoms with van der Waals surface area (Å²) in [5, 5.41) is 9.45. The molecule has 1 N–H and O–H groups in total. The molecular formula is C10H10BrClN2O2. The smallest absolute Gasteiger partial charge is 0.308 e. The van der Waals surface area contributed by atoms with E-state index in [1.165, 1.54) is 0 Å². The van der Waals surface area contributed by atoms with Gasteiger partial charge in [0.2, 0.25) is 0 Å². The molecule has 1 unspecified atom stereocenters. The summed E-state index contributed by atoms with van der Waals surface area (Å²) in [5.41, 5.74) is 0. The Morgan fingerprint density at radius 3 is 3.00 bits per heavy atom. The van der Waals surface area contributed by atoms with Crippen molar-refractivity contribution < 1.29 is 9.90 Å². The third-order valence-electron chi connectivity index (χ3n) is 2.63. The highest BCUT2D eigenvalue weighted by Gasteiger charge is 2.29. The van der Waals surface area contributed by atoms with Crippen LogP contribution in [-0.4, -0.2) is 29.1 Å². The lowest BCUT2D eigenvalue weighted by Crippen LogP contribution is -2.23. The zero-order valence-electron chi connectivity index (χ0n) is 8.36. The first-order chi connectivity index (χ1) is 7.58. The summed E-state index contributed by atoms with van der Waals surface area (Å²) >= 11 is 9.34. The second-order valence-electron chi connectivity index (χ2n) is 3.73. The number of nitrogens with zero attached hydrogens (tertiary/aromatic N) is 2. The molecule has 1 saturated heterocycles. The number of aliphatic carboxylic acids is 1. The molecule has 0 bridgehead atoms. The standard InChI is InChI=1S/C10H10BrClN2O2/c11-7-3-8(12)9(13-4-7)14-2-1-6(5-14)10(15)16/h3-4,6H,1-2,5H2,(H,15,16). The molecule has 16 heavy (non-hydrogen) atoms. The second kappa shape index (κ2) is 4.59. The highest BCUT2D eigenvalue weighted by Crippen LogP contribution is 2.30. The number of hydrogen-bond acceptors (Lipinski definition) is 3. The van der Waals surface area contributed by atoms with Gasteiger partial charge in [0, 0.05) is 23.8 Å². The van der Waals surface area contributed by atoms with E-state index in [0.29, 0.717) is 30.4 Å². The zero-order chi connectivity index (χ0) is 11.7. The van der Waals surface area contributed by atoms with Crippen LogP contribution in [0.1, 0.15) is 6.42 Å². The molecule has 1 aliphatic rings. The van der Waals surface area contributed by atoms with Gasteiger partial charge in [0.25, 0.3) is 0 Å². The lowest BCUT2D eigenvalue weighted by molar-refractivity contribution is -0.140. The minimum Gasteiger partial charge on any atom is -0.481 e. The van der Waals surface area contributed by atoms with Crippen molar-refractivity contribution in [2.24, 2.45) is 5.92 Å². The molecule has 0 amide bonds. The van der Waals surface area contributed by atoms with Crippen LogP contribution >= 0.6 is 27.5 Å². The molecule has 6 heteroatoms. The first kappa shape index (κ1) is 11.7. The maximum atomic E-state index is 10.8. The van der Waals surface area contributed by atoms with Crippen LogP contribution in [0.3, 0.4) is 0 Å². The number of pyridine rings is 1. The molecule has 1 atom stereocenters. The van der Waals surface area contributed by atoms with Gasteiger partial charge in [0.15, 0.2) is 0 Å². The van der Waals surface area contributed by atoms with E-state index in [0.717, 1.165) is 4.47 Å². The van der Waals surface area contributed by atoms with Crippen molar-refractivity contribution in [3.8, 4) is 0 Å². The maximum Gasteiger partial charge on any atom is 0.308 e. The Morgan fingerprint density at radius 2 is 2.44 bits per heavy atom. The van der Waals surface area contributed by atoms with Gasteiger partial charge in [-0.25, -0.2) is 4.98 Å². The SMILES string of the molecule is O=C(O)C1CCN(c2ncc(Br)cc2Cl)C1. The molecule has 1 aliphatic heterocycles. The van der Waals surface area contributed by atoms with Gasteiger partial charge in [0.05, 0.1) is 10.9 Å². The summed E-state index contributed by atoms with van der Waals surface area (Å²) in [6.45, 7) is 1.16. The number of halogens is 2. The van der Waals surface area contributed by atoms with Crippen LogP contribution in [0, 0.1) is 5.92 Å². The molecule has 0 saturated carbocycles. The fraction of sp³-hybridized carbons (Fsp3) is 0.400. The quantitative estimate of drug-likeness (QED) is 0.911. The Balaban J connectivity index is 2.17. The third-order valence-corrected chi connectivity index (χ3v) is 3.34. The first-order valence-corrected chi connectivity index (χ1v) is 6.04. The number of carboxylic acid groups (broad SMARTS) is 1. The van der Waals surface area contributed by atoms with E-state index in [9.17, 15) is 4.79 Å². The van der Waals surface area contributed by atoms with Crippen molar-refractivity contribution in [2.45, 2.75) is 6.42 Å². The van der Waals surface area contributed by atoms with Gasteiger partial charge in [-0.15, -0.1) is 0 Å². The van der Waals surface area contributed by atoms with Gasteiger partial charge < -0.3 is 10.0 Å². The van der Waals surface area contributed by atoms with Crippen LogP contribution in [-0.2, 0) is 4.79 Å². The molecule has 2 rings (SSSR count). The zero-order valence-corrected chi connectivity index (χ0v) is 10.7. The molecule has 0 spiro atoms. The Morgan fingerprint density at radius 1 is 1.69 bits per heavy atom. The lowest BCUT2D eigenvalue weighted by Gasteiger charge is -2.17. The fourth-order valence-electron chi connectivity index (χ4n) is 1.79. The average Bonchev–Trinajstić information content (AvgIpc) is 2.66. The van der Waals surface area contributed by atoms with Crippen molar-refractivity contribution >= 4 is 39.3 Å². The number of aromatic nitrogens is 1. The molecule has 0 radical (unpaired) electrons. The first-order valence-electron chi connectivity index (χ1n) is 4.86. The van der Waals surface area contributed by atoms with E-state index in [1.807, 2.05) is 4.90 Å². The summed E-state index contributed by atoms with van der Waals surface area (Å²) in [6.07, 6.45) is 2.30. The van der Waals surface area contributed by atoms with Crippen molar-refractivity contribution in [3.05, 3.63) is 21.8 Å². The molecular weight excluding hydrogens is 295 g/mol.